The number of nitrogens with one attached hydrogen (secondary N) is 1. The van der Waals surface area contributed by atoms with Crippen molar-refractivity contribution in [2.24, 2.45) is 5.92 Å². The SMILES string of the molecule is CCNC(CC1CCCCC1)c1cc2sccc2s1. The van der Waals surface area contributed by atoms with E-state index in [-0.39, 0.29) is 0 Å². The second-order valence-corrected chi connectivity index (χ2v) is 7.71. The van der Waals surface area contributed by atoms with Crippen LogP contribution < -0.4 is 5.32 Å². The van der Waals surface area contributed by atoms with Crippen LogP contribution >= 0.6 is 22.7 Å². The summed E-state index contributed by atoms with van der Waals surface area (Å²) >= 11 is 3.86. The lowest BCUT2D eigenvalue weighted by atomic mass is 9.84. The van der Waals surface area contributed by atoms with Crippen LogP contribution in [0, 0.1) is 5.92 Å². The van der Waals surface area contributed by atoms with E-state index in [2.05, 4.69) is 29.8 Å². The zero-order valence-electron chi connectivity index (χ0n) is 11.7. The van der Waals surface area contributed by atoms with Crippen LogP contribution in [-0.2, 0) is 0 Å². The molecule has 2 aromatic rings. The minimum Gasteiger partial charge on any atom is -0.310 e. The van der Waals surface area contributed by atoms with Gasteiger partial charge in [0.15, 0.2) is 0 Å². The van der Waals surface area contributed by atoms with Gasteiger partial charge in [0.2, 0.25) is 0 Å². The predicted molar refractivity (Wildman–Crippen MR) is 87.3 cm³/mol. The van der Waals surface area contributed by atoms with Crippen molar-refractivity contribution < 1.29 is 0 Å². The first-order chi connectivity index (χ1) is 9.36. The predicted octanol–water partition coefficient (Wildman–Crippen LogP) is 5.58. The Morgan fingerprint density at radius 2 is 2.11 bits per heavy atom. The van der Waals surface area contributed by atoms with Crippen molar-refractivity contribution in [1.82, 2.24) is 5.32 Å². The number of hydrogen-bond acceptors (Lipinski definition) is 3. The zero-order valence-corrected chi connectivity index (χ0v) is 13.3. The maximum atomic E-state index is 3.71. The summed E-state index contributed by atoms with van der Waals surface area (Å²) in [6.45, 7) is 3.30. The van der Waals surface area contributed by atoms with Crippen molar-refractivity contribution in [2.45, 2.75) is 51.5 Å². The highest BCUT2D eigenvalue weighted by Crippen LogP contribution is 2.38. The van der Waals surface area contributed by atoms with Gasteiger partial charge in [-0.1, -0.05) is 39.0 Å². The summed E-state index contributed by atoms with van der Waals surface area (Å²) in [4.78, 5) is 1.55. The number of thiophene rings is 2. The van der Waals surface area contributed by atoms with E-state index >= 15 is 0 Å². The summed E-state index contributed by atoms with van der Waals surface area (Å²) in [6.07, 6.45) is 8.58. The van der Waals surface area contributed by atoms with Crippen LogP contribution in [0.2, 0.25) is 0 Å². The summed E-state index contributed by atoms with van der Waals surface area (Å²) in [6, 6.07) is 5.26. The average Bonchev–Trinajstić information content (AvgIpc) is 3.00. The average molecular weight is 294 g/mol. The van der Waals surface area contributed by atoms with Crippen LogP contribution in [0.5, 0.6) is 0 Å². The van der Waals surface area contributed by atoms with Gasteiger partial charge in [0.1, 0.15) is 0 Å². The number of fused-ring (bicyclic) bond motifs is 1. The summed E-state index contributed by atoms with van der Waals surface area (Å²) in [5.41, 5.74) is 0. The molecule has 104 valence electrons. The maximum absolute atomic E-state index is 3.71. The Balaban J connectivity index is 1.73. The van der Waals surface area contributed by atoms with Crippen LogP contribution in [0.3, 0.4) is 0 Å². The smallest absolute Gasteiger partial charge is 0.0454 e. The van der Waals surface area contributed by atoms with Gasteiger partial charge in [0.25, 0.3) is 0 Å². The number of rotatable bonds is 5. The Morgan fingerprint density at radius 1 is 1.26 bits per heavy atom. The van der Waals surface area contributed by atoms with Crippen molar-refractivity contribution in [1.29, 1.82) is 0 Å². The zero-order chi connectivity index (χ0) is 13.1. The highest BCUT2D eigenvalue weighted by Gasteiger charge is 2.21. The van der Waals surface area contributed by atoms with Crippen molar-refractivity contribution in [3.05, 3.63) is 22.4 Å². The molecular weight excluding hydrogens is 270 g/mol. The third-order valence-corrected chi connectivity index (χ3v) is 6.45. The molecule has 19 heavy (non-hydrogen) atoms. The first-order valence-electron chi connectivity index (χ1n) is 7.57. The quantitative estimate of drug-likeness (QED) is 0.758. The minimum absolute atomic E-state index is 0.581. The molecule has 0 spiro atoms. The third-order valence-electron chi connectivity index (χ3n) is 4.25. The summed E-state index contributed by atoms with van der Waals surface area (Å²) in [7, 11) is 0. The molecule has 3 rings (SSSR count). The van der Waals surface area contributed by atoms with E-state index in [1.165, 1.54) is 47.9 Å². The fourth-order valence-electron chi connectivity index (χ4n) is 3.26. The fourth-order valence-corrected chi connectivity index (χ4v) is 5.47. The van der Waals surface area contributed by atoms with E-state index in [4.69, 9.17) is 0 Å². The Labute approximate surface area is 124 Å². The number of hydrogen-bond donors (Lipinski definition) is 1. The second-order valence-electron chi connectivity index (χ2n) is 5.65. The molecule has 0 aromatic carbocycles. The maximum Gasteiger partial charge on any atom is 0.0454 e. The van der Waals surface area contributed by atoms with Crippen molar-refractivity contribution in [2.75, 3.05) is 6.54 Å². The van der Waals surface area contributed by atoms with E-state index in [1.54, 1.807) is 4.88 Å². The summed E-state index contributed by atoms with van der Waals surface area (Å²) < 4.78 is 2.93. The normalized spacial score (nSPS) is 19.0. The van der Waals surface area contributed by atoms with E-state index in [0.717, 1.165) is 12.5 Å². The van der Waals surface area contributed by atoms with Crippen LogP contribution in [0.4, 0.5) is 0 Å². The largest absolute Gasteiger partial charge is 0.310 e. The first-order valence-corrected chi connectivity index (χ1v) is 9.26. The van der Waals surface area contributed by atoms with E-state index in [1.807, 2.05) is 22.7 Å². The Hall–Kier alpha value is -0.380. The van der Waals surface area contributed by atoms with Gasteiger partial charge in [-0.3, -0.25) is 0 Å². The molecule has 1 nitrogen and oxygen atoms in total. The fraction of sp³-hybridized carbons (Fsp3) is 0.625. The standard InChI is InChI=1S/C16H23NS2/c1-2-17-13(10-12-6-4-3-5-7-12)15-11-16-14(19-15)8-9-18-16/h8-9,11-13,17H,2-7,10H2,1H3. The molecule has 1 fully saturated rings. The molecule has 0 bridgehead atoms. The van der Waals surface area contributed by atoms with E-state index < -0.39 is 0 Å². The monoisotopic (exact) mass is 293 g/mol. The summed E-state index contributed by atoms with van der Waals surface area (Å²) in [5.74, 6) is 0.943. The molecule has 1 N–H and O–H groups in total. The van der Waals surface area contributed by atoms with Crippen LogP contribution in [0.15, 0.2) is 17.5 Å². The molecule has 0 amide bonds. The van der Waals surface area contributed by atoms with Gasteiger partial charge in [-0.25, -0.2) is 0 Å². The lowest BCUT2D eigenvalue weighted by Crippen LogP contribution is -2.23. The molecule has 1 atom stereocenters. The Kier molecular flexibility index (Phi) is 4.57. The van der Waals surface area contributed by atoms with Gasteiger partial charge < -0.3 is 5.32 Å². The molecule has 3 heteroatoms. The van der Waals surface area contributed by atoms with Gasteiger partial charge in [-0.2, -0.15) is 0 Å². The molecule has 1 aliphatic carbocycles. The molecule has 0 radical (unpaired) electrons. The van der Waals surface area contributed by atoms with Crippen LogP contribution in [0.25, 0.3) is 9.40 Å². The Morgan fingerprint density at radius 3 is 2.84 bits per heavy atom. The topological polar surface area (TPSA) is 12.0 Å². The second kappa shape index (κ2) is 6.38. The van der Waals surface area contributed by atoms with E-state index in [0.29, 0.717) is 6.04 Å². The van der Waals surface area contributed by atoms with Crippen LogP contribution in [-0.4, -0.2) is 6.54 Å². The molecular formula is C16H23NS2. The molecule has 0 saturated heterocycles. The summed E-state index contributed by atoms with van der Waals surface area (Å²) in [5, 5.41) is 5.91. The molecule has 2 heterocycles. The Bertz CT molecular complexity index is 479. The van der Waals surface area contributed by atoms with Crippen molar-refractivity contribution in [3.8, 4) is 0 Å². The molecule has 2 aromatic heterocycles. The van der Waals surface area contributed by atoms with Crippen molar-refractivity contribution >= 4 is 32.1 Å². The molecule has 0 aliphatic heterocycles. The highest BCUT2D eigenvalue weighted by atomic mass is 32.1. The minimum atomic E-state index is 0.581. The lowest BCUT2D eigenvalue weighted by Gasteiger charge is -2.26. The van der Waals surface area contributed by atoms with Gasteiger partial charge in [0.05, 0.1) is 0 Å². The van der Waals surface area contributed by atoms with Crippen molar-refractivity contribution in [3.63, 3.8) is 0 Å². The first kappa shape index (κ1) is 13.6. The van der Waals surface area contributed by atoms with Gasteiger partial charge in [-0.15, -0.1) is 22.7 Å². The van der Waals surface area contributed by atoms with Gasteiger partial charge >= 0.3 is 0 Å². The lowest BCUT2D eigenvalue weighted by molar-refractivity contribution is 0.303. The molecule has 1 unspecified atom stereocenters. The molecule has 1 aliphatic rings. The molecule has 1 saturated carbocycles. The van der Waals surface area contributed by atoms with Gasteiger partial charge in [-0.05, 0) is 36.4 Å². The third kappa shape index (κ3) is 3.21. The van der Waals surface area contributed by atoms with Gasteiger partial charge in [0, 0.05) is 20.3 Å². The van der Waals surface area contributed by atoms with E-state index in [9.17, 15) is 0 Å². The van der Waals surface area contributed by atoms with Crippen LogP contribution in [0.1, 0.15) is 56.4 Å². The highest BCUT2D eigenvalue weighted by molar-refractivity contribution is 7.26.